The Morgan fingerprint density at radius 2 is 1.51 bits per heavy atom. The van der Waals surface area contributed by atoms with Gasteiger partial charge in [-0.25, -0.2) is 4.98 Å². The highest BCUT2D eigenvalue weighted by Gasteiger charge is 2.44. The normalized spacial score (nSPS) is 15.4. The number of amides is 1. The zero-order valence-electron chi connectivity index (χ0n) is 24.4. The number of hydrogen-bond acceptors (Lipinski definition) is 6. The number of carbonyl (C=O) groups is 1. The number of nitrogens with zero attached hydrogens (tertiary/aromatic N) is 3. The number of piperidine rings is 1. The van der Waals surface area contributed by atoms with Crippen molar-refractivity contribution in [3.05, 3.63) is 112 Å². The van der Waals surface area contributed by atoms with Crippen LogP contribution in [0.2, 0.25) is 0 Å². The highest BCUT2D eigenvalue weighted by molar-refractivity contribution is 7.13. The number of thiazole rings is 1. The van der Waals surface area contributed by atoms with Gasteiger partial charge in [0.2, 0.25) is 5.91 Å². The molecule has 3 aromatic carbocycles. The van der Waals surface area contributed by atoms with E-state index in [0.717, 1.165) is 47.3 Å². The van der Waals surface area contributed by atoms with Crippen molar-refractivity contribution in [3.8, 4) is 0 Å². The minimum atomic E-state index is -0.955. The van der Waals surface area contributed by atoms with Crippen LogP contribution in [-0.4, -0.2) is 59.5 Å². The number of aryl methyl sites for hydroxylation is 2. The molecule has 1 aromatic heterocycles. The third-order valence-corrected chi connectivity index (χ3v) is 9.24. The quantitative estimate of drug-likeness (QED) is 0.250. The van der Waals surface area contributed by atoms with E-state index in [0.29, 0.717) is 19.3 Å². The third-order valence-electron chi connectivity index (χ3n) is 8.48. The molecule has 1 fully saturated rings. The molecule has 7 heteroatoms. The molecule has 0 aliphatic carbocycles. The van der Waals surface area contributed by atoms with E-state index in [1.54, 1.807) is 4.90 Å². The lowest BCUT2D eigenvalue weighted by atomic mass is 9.70. The highest BCUT2D eigenvalue weighted by Crippen LogP contribution is 2.40. The van der Waals surface area contributed by atoms with Crippen molar-refractivity contribution in [2.45, 2.75) is 44.1 Å². The molecule has 1 aliphatic rings. The fraction of sp³-hybridized carbons (Fsp3) is 0.353. The van der Waals surface area contributed by atoms with E-state index in [-0.39, 0.29) is 5.91 Å². The van der Waals surface area contributed by atoms with Crippen LogP contribution in [0.3, 0.4) is 0 Å². The molecule has 0 saturated carbocycles. The van der Waals surface area contributed by atoms with E-state index in [2.05, 4.69) is 66.5 Å². The first-order valence-corrected chi connectivity index (χ1v) is 15.2. The Bertz CT molecular complexity index is 1400. The Morgan fingerprint density at radius 3 is 2.05 bits per heavy atom. The number of nitrogens with one attached hydrogen (secondary N) is 1. The van der Waals surface area contributed by atoms with Crippen LogP contribution in [0.4, 0.5) is 10.8 Å². The number of rotatable bonds is 9. The van der Waals surface area contributed by atoms with Crippen molar-refractivity contribution in [3.63, 3.8) is 0 Å². The molecule has 4 aromatic rings. The molecule has 1 aliphatic heterocycles. The van der Waals surface area contributed by atoms with Gasteiger partial charge in [0.15, 0.2) is 5.13 Å². The minimum Gasteiger partial charge on any atom is -0.383 e. The molecule has 0 atom stereocenters. The second-order valence-corrected chi connectivity index (χ2v) is 12.2. The summed E-state index contributed by atoms with van der Waals surface area (Å²) in [5.74, 6) is 0.0785. The van der Waals surface area contributed by atoms with Crippen molar-refractivity contribution in [2.24, 2.45) is 0 Å². The number of carbonyl (C=O) groups excluding carboxylic acids is 1. The Labute approximate surface area is 247 Å². The summed E-state index contributed by atoms with van der Waals surface area (Å²) < 4.78 is 0. The van der Waals surface area contributed by atoms with Crippen LogP contribution in [0.25, 0.3) is 0 Å². The van der Waals surface area contributed by atoms with E-state index in [1.807, 2.05) is 55.9 Å². The van der Waals surface area contributed by atoms with Gasteiger partial charge < -0.3 is 20.2 Å². The van der Waals surface area contributed by atoms with Crippen LogP contribution in [0.5, 0.6) is 0 Å². The minimum absolute atomic E-state index is 0.0785. The number of aliphatic hydroxyl groups is 1. The van der Waals surface area contributed by atoms with Gasteiger partial charge in [0.1, 0.15) is 11.0 Å². The Hall–Kier alpha value is -3.52. The summed E-state index contributed by atoms with van der Waals surface area (Å²) in [6, 6.07) is 26.5. The predicted octanol–water partition coefficient (Wildman–Crippen LogP) is 6.25. The molecule has 0 radical (unpaired) electrons. The van der Waals surface area contributed by atoms with Crippen molar-refractivity contribution in [1.82, 2.24) is 14.8 Å². The number of hydrogen-bond donors (Lipinski definition) is 2. The summed E-state index contributed by atoms with van der Waals surface area (Å²) in [6.45, 7) is 6.40. The van der Waals surface area contributed by atoms with Gasteiger partial charge in [-0.2, -0.15) is 0 Å². The molecular weight excluding hydrogens is 528 g/mol. The highest BCUT2D eigenvalue weighted by atomic mass is 32.1. The van der Waals surface area contributed by atoms with E-state index >= 15 is 0 Å². The SMILES string of the molecule is Cc1cccc(C)c1Nc1nc(C2(O)CCN(CCC(C(=O)N(C)C)(c3ccccc3)c3ccccc3)CC2)cs1. The van der Waals surface area contributed by atoms with E-state index in [4.69, 9.17) is 4.98 Å². The number of aromatic nitrogens is 1. The summed E-state index contributed by atoms with van der Waals surface area (Å²) in [7, 11) is 3.67. The first kappa shape index (κ1) is 29.0. The maximum atomic E-state index is 14.0. The summed E-state index contributed by atoms with van der Waals surface area (Å²) >= 11 is 1.53. The zero-order chi connectivity index (χ0) is 29.0. The molecule has 41 heavy (non-hydrogen) atoms. The first-order valence-electron chi connectivity index (χ1n) is 14.3. The maximum Gasteiger partial charge on any atom is 0.237 e. The van der Waals surface area contributed by atoms with E-state index in [9.17, 15) is 9.90 Å². The van der Waals surface area contributed by atoms with Gasteiger partial charge in [0, 0.05) is 38.3 Å². The number of anilines is 2. The van der Waals surface area contributed by atoms with Crippen LogP contribution >= 0.6 is 11.3 Å². The molecule has 2 N–H and O–H groups in total. The standard InChI is InChI=1S/C34H40N4O2S/c1-25-12-11-13-26(2)30(25)36-32-35-29(24-41-32)33(40)18-21-38(22-19-33)23-20-34(31(39)37(3)4,27-14-7-5-8-15-27)28-16-9-6-10-17-28/h5-17,24,40H,18-23H2,1-4H3,(H,35,36). The van der Waals surface area contributed by atoms with Gasteiger partial charge in [-0.15, -0.1) is 11.3 Å². The first-order chi connectivity index (χ1) is 19.7. The topological polar surface area (TPSA) is 68.7 Å². The average molecular weight is 569 g/mol. The molecule has 0 spiro atoms. The van der Waals surface area contributed by atoms with E-state index in [1.165, 1.54) is 22.5 Å². The van der Waals surface area contributed by atoms with Crippen LogP contribution in [-0.2, 0) is 15.8 Å². The fourth-order valence-corrected chi connectivity index (χ4v) is 6.84. The van der Waals surface area contributed by atoms with Crippen molar-refractivity contribution < 1.29 is 9.90 Å². The average Bonchev–Trinajstić information content (AvgIpc) is 3.47. The van der Waals surface area contributed by atoms with Crippen molar-refractivity contribution in [1.29, 1.82) is 0 Å². The molecular formula is C34H40N4O2S. The van der Waals surface area contributed by atoms with Gasteiger partial charge in [-0.3, -0.25) is 4.79 Å². The van der Waals surface area contributed by atoms with Crippen molar-refractivity contribution in [2.75, 3.05) is 39.0 Å². The monoisotopic (exact) mass is 568 g/mol. The van der Waals surface area contributed by atoms with Crippen LogP contribution in [0.15, 0.2) is 84.2 Å². The van der Waals surface area contributed by atoms with Gasteiger partial charge in [0.05, 0.1) is 5.69 Å². The second kappa shape index (κ2) is 12.1. The number of para-hydroxylation sites is 1. The number of likely N-dealkylation sites (tertiary alicyclic amines) is 1. The summed E-state index contributed by atoms with van der Waals surface area (Å²) in [5.41, 5.74) is 4.41. The fourth-order valence-electron chi connectivity index (χ4n) is 6.03. The molecule has 0 bridgehead atoms. The molecule has 0 unspecified atom stereocenters. The van der Waals surface area contributed by atoms with Crippen LogP contribution in [0.1, 0.15) is 47.2 Å². The lowest BCUT2D eigenvalue weighted by Gasteiger charge is -2.40. The molecule has 214 valence electrons. The molecule has 1 amide bonds. The smallest absolute Gasteiger partial charge is 0.237 e. The summed E-state index contributed by atoms with van der Waals surface area (Å²) in [4.78, 5) is 22.8. The van der Waals surface area contributed by atoms with Crippen LogP contribution in [0, 0.1) is 13.8 Å². The number of benzene rings is 3. The molecule has 5 rings (SSSR count). The van der Waals surface area contributed by atoms with E-state index < -0.39 is 11.0 Å². The predicted molar refractivity (Wildman–Crippen MR) is 168 cm³/mol. The van der Waals surface area contributed by atoms with Gasteiger partial charge >= 0.3 is 0 Å². The summed E-state index contributed by atoms with van der Waals surface area (Å²) in [6.07, 6.45) is 1.85. The Morgan fingerprint density at radius 1 is 0.951 bits per heavy atom. The third kappa shape index (κ3) is 5.94. The lowest BCUT2D eigenvalue weighted by molar-refractivity contribution is -0.133. The largest absolute Gasteiger partial charge is 0.383 e. The summed E-state index contributed by atoms with van der Waals surface area (Å²) in [5, 5.41) is 17.9. The maximum absolute atomic E-state index is 14.0. The number of likely N-dealkylation sites (N-methyl/N-ethyl adjacent to an activating group) is 1. The van der Waals surface area contributed by atoms with Gasteiger partial charge in [-0.1, -0.05) is 78.9 Å². The van der Waals surface area contributed by atoms with Gasteiger partial charge in [0.25, 0.3) is 0 Å². The molecule has 1 saturated heterocycles. The molecule has 2 heterocycles. The van der Waals surface area contributed by atoms with Crippen LogP contribution < -0.4 is 5.32 Å². The Balaban J connectivity index is 1.31. The lowest BCUT2D eigenvalue weighted by Crippen LogP contribution is -2.49. The zero-order valence-corrected chi connectivity index (χ0v) is 25.2. The Kier molecular flexibility index (Phi) is 8.59. The molecule has 6 nitrogen and oxygen atoms in total. The van der Waals surface area contributed by atoms with Gasteiger partial charge in [-0.05, 0) is 61.9 Å². The second-order valence-electron chi connectivity index (χ2n) is 11.4. The van der Waals surface area contributed by atoms with Crippen molar-refractivity contribution >= 4 is 28.1 Å².